The van der Waals surface area contributed by atoms with Gasteiger partial charge in [0.2, 0.25) is 23.5 Å². The van der Waals surface area contributed by atoms with Crippen LogP contribution >= 0.6 is 0 Å². The van der Waals surface area contributed by atoms with Gasteiger partial charge in [-0.3, -0.25) is 33.6 Å². The van der Waals surface area contributed by atoms with Crippen LogP contribution in [0.25, 0.3) is 10.8 Å². The summed E-state index contributed by atoms with van der Waals surface area (Å²) in [6, 6.07) is 17.5. The van der Waals surface area contributed by atoms with Crippen molar-refractivity contribution in [2.75, 3.05) is 68.3 Å². The van der Waals surface area contributed by atoms with Gasteiger partial charge in [-0.05, 0) is 132 Å². The number of likely N-dealkylation sites (N-methyl/N-ethyl adjacent to an activating group) is 2. The molecule has 0 unspecified atom stereocenters. The molecule has 5 atom stereocenters. The summed E-state index contributed by atoms with van der Waals surface area (Å²) in [5, 5.41) is 4.80. The van der Waals surface area contributed by atoms with E-state index in [9.17, 15) is 38.4 Å². The van der Waals surface area contributed by atoms with Crippen LogP contribution in [0.2, 0.25) is 0 Å². The number of methoxy groups -OCH3 is 2. The van der Waals surface area contributed by atoms with Crippen molar-refractivity contribution in [3.05, 3.63) is 114 Å². The molecule has 4 aromatic carbocycles. The lowest BCUT2D eigenvalue weighted by Crippen LogP contribution is -2.58. The predicted molar refractivity (Wildman–Crippen MR) is 331 cm³/mol. The lowest BCUT2D eigenvalue weighted by molar-refractivity contribution is -0.165. The van der Waals surface area contributed by atoms with Crippen LogP contribution in [-0.2, 0) is 70.2 Å². The smallest absolute Gasteiger partial charge is 0.330 e. The van der Waals surface area contributed by atoms with E-state index in [1.54, 1.807) is 46.0 Å². The van der Waals surface area contributed by atoms with Gasteiger partial charge in [-0.2, -0.15) is 0 Å². The van der Waals surface area contributed by atoms with Crippen molar-refractivity contribution in [2.45, 2.75) is 154 Å². The zero-order chi connectivity index (χ0) is 65.2. The molecule has 0 aromatic heterocycles. The van der Waals surface area contributed by atoms with Crippen molar-refractivity contribution < 1.29 is 76.0 Å². The number of hydrogen-bond acceptors (Lipinski definition) is 15. The van der Waals surface area contributed by atoms with E-state index in [1.165, 1.54) is 75.1 Å². The second kappa shape index (κ2) is 32.3. The summed E-state index contributed by atoms with van der Waals surface area (Å²) in [7, 11) is 7.42. The fourth-order valence-electron chi connectivity index (χ4n) is 10.6. The van der Waals surface area contributed by atoms with Crippen LogP contribution in [0.1, 0.15) is 129 Å². The van der Waals surface area contributed by atoms with Crippen molar-refractivity contribution >= 4 is 63.8 Å². The molecule has 2 aliphatic rings. The van der Waals surface area contributed by atoms with Crippen LogP contribution in [-0.4, -0.2) is 171 Å². The van der Waals surface area contributed by atoms with E-state index in [1.807, 2.05) is 49.4 Å². The van der Waals surface area contributed by atoms with Gasteiger partial charge >= 0.3 is 11.9 Å². The molecule has 0 radical (unpaired) electrons. The first kappa shape index (κ1) is 69.9. The molecule has 20 nitrogen and oxygen atoms in total. The van der Waals surface area contributed by atoms with Gasteiger partial charge in [0.1, 0.15) is 48.4 Å². The molecule has 89 heavy (non-hydrogen) atoms. The van der Waals surface area contributed by atoms with Crippen molar-refractivity contribution in [1.82, 2.24) is 24.9 Å². The summed E-state index contributed by atoms with van der Waals surface area (Å²) in [5.41, 5.74) is -0.984. The van der Waals surface area contributed by atoms with Gasteiger partial charge in [0.15, 0.2) is 23.9 Å². The van der Waals surface area contributed by atoms with Gasteiger partial charge in [0.05, 0.1) is 31.8 Å². The summed E-state index contributed by atoms with van der Waals surface area (Å²) in [6.07, 6.45) is 3.67. The van der Waals surface area contributed by atoms with E-state index in [2.05, 4.69) is 5.32 Å². The summed E-state index contributed by atoms with van der Waals surface area (Å²) in [6.45, 7) is 9.03. The van der Waals surface area contributed by atoms with E-state index in [0.29, 0.717) is 42.7 Å². The summed E-state index contributed by atoms with van der Waals surface area (Å²) >= 11 is 0. The second-order valence-electron chi connectivity index (χ2n) is 24.4. The van der Waals surface area contributed by atoms with Crippen LogP contribution in [0.3, 0.4) is 0 Å². The molecule has 0 aliphatic carbocycles. The Kier molecular flexibility index (Phi) is 25.4. The molecule has 0 saturated carbocycles. The average molecular weight is 1230 g/mol. The Bertz CT molecular complexity index is 3210. The molecule has 5 amide bonds. The molecule has 2 bridgehead atoms. The Hall–Kier alpha value is -8.20. The van der Waals surface area contributed by atoms with Crippen molar-refractivity contribution in [1.29, 1.82) is 0 Å². The monoisotopic (exact) mass is 1230 g/mol. The summed E-state index contributed by atoms with van der Waals surface area (Å²) in [5.74, 6) is -6.25. The first-order valence-electron chi connectivity index (χ1n) is 30.5. The first-order chi connectivity index (χ1) is 42.2. The minimum Gasteiger partial charge on any atom is -0.493 e. The SMILES string of the molecule is CCCC[C@H]1C(=O)N[C@@H](Cc2ccc3ccccc3c2)C(=O)N(C)[C@@H](COC(C)(C)C)C(=O)CCC(=O)N(C)CCC=CC(=O)OCC(C)(C)C(=O)C(=O)N2CCCC[C@H]2C(=O)O[C@H](CCc2ccc(OC)c(OC)c2)c2cc(ccc2F)OCC(=O)N1C. The Morgan fingerprint density at radius 3 is 2.18 bits per heavy atom. The number of rotatable bonds is 12. The molecule has 2 heterocycles. The quantitative estimate of drug-likeness (QED) is 0.104. The van der Waals surface area contributed by atoms with Gasteiger partial charge in [-0.1, -0.05) is 74.4 Å². The molecule has 21 heteroatoms. The highest BCUT2D eigenvalue weighted by Crippen LogP contribution is 2.34. The van der Waals surface area contributed by atoms with Crippen LogP contribution in [0.4, 0.5) is 4.39 Å². The molecule has 6 rings (SSSR count). The number of piperidine rings is 1. The first-order valence-corrected chi connectivity index (χ1v) is 30.5. The maximum atomic E-state index is 16.4. The van der Waals surface area contributed by atoms with Crippen LogP contribution < -0.4 is 19.5 Å². The number of cyclic esters (lactones) is 2. The Morgan fingerprint density at radius 2 is 1.47 bits per heavy atom. The maximum absolute atomic E-state index is 16.4. The standard InChI is InChI=1S/C68H88FN5O15/c1-12-13-22-52-63(80)70-51(38-45-25-28-46-20-14-15-21-47(46)37-45)64(81)73(9)54(41-88-67(2,3)4)55(75)31-34-59(76)71(7)35-18-17-24-61(78)87-43-68(5,6)62(79)65(82)74-36-19-16-23-53(74)66(83)89-56(32-26-44-27-33-57(84-10)58(39-44)85-11)49-40-48(29-30-50(49)69)86-42-60(77)72(52)8/h14-15,17,20-21,24-25,27-30,33,37,39-40,51-54,56H,12-13,16,18-19,22-23,26,31-32,34-36,38,41-43H2,1-11H3,(H,70,80)/t51-,52-,53-,54-,56+/m0/s1. The molecule has 1 N–H and O–H groups in total. The number of nitrogens with one attached hydrogen (secondary N) is 1. The highest BCUT2D eigenvalue weighted by molar-refractivity contribution is 6.38. The molecule has 0 spiro atoms. The van der Waals surface area contributed by atoms with E-state index in [0.717, 1.165) is 33.4 Å². The number of Topliss-reactive ketones (excluding diaryl/α,β-unsaturated/α-hetero) is 2. The third kappa shape index (κ3) is 19.6. The van der Waals surface area contributed by atoms with Crippen LogP contribution in [0.5, 0.6) is 17.2 Å². The number of ketones is 2. The molecule has 4 aromatic rings. The molecule has 1 saturated heterocycles. The van der Waals surface area contributed by atoms with Gasteiger partial charge in [0.25, 0.3) is 11.8 Å². The Morgan fingerprint density at radius 1 is 0.753 bits per heavy atom. The van der Waals surface area contributed by atoms with Gasteiger partial charge in [-0.25, -0.2) is 14.0 Å². The number of amides is 5. The number of nitrogens with zero attached hydrogens (tertiary/aromatic N) is 4. The predicted octanol–water partition coefficient (Wildman–Crippen LogP) is 8.27. The highest BCUT2D eigenvalue weighted by Gasteiger charge is 2.43. The van der Waals surface area contributed by atoms with Crippen molar-refractivity contribution in [3.8, 4) is 17.2 Å². The number of carbonyl (C=O) groups excluding carboxylic acids is 9. The van der Waals surface area contributed by atoms with E-state index in [-0.39, 0.29) is 88.3 Å². The van der Waals surface area contributed by atoms with E-state index >= 15 is 9.18 Å². The third-order valence-corrected chi connectivity index (χ3v) is 16.1. The van der Waals surface area contributed by atoms with E-state index < -0.39 is 107 Å². The zero-order valence-electron chi connectivity index (χ0n) is 53.4. The number of unbranched alkanes of at least 4 members (excludes halogenated alkanes) is 1. The summed E-state index contributed by atoms with van der Waals surface area (Å²) < 4.78 is 51.2. The topological polar surface area (TPSA) is 234 Å². The molecule has 2 aliphatic heterocycles. The van der Waals surface area contributed by atoms with Gasteiger partial charge in [-0.15, -0.1) is 0 Å². The largest absolute Gasteiger partial charge is 0.493 e. The molecular weight excluding hydrogens is 1150 g/mol. The van der Waals surface area contributed by atoms with Crippen molar-refractivity contribution in [3.63, 3.8) is 0 Å². The Labute approximate surface area is 521 Å². The fraction of sp³-hybridized carbons (Fsp3) is 0.515. The number of ether oxygens (including phenoxy) is 6. The number of fused-ring (bicyclic) bond motifs is 4. The fourth-order valence-corrected chi connectivity index (χ4v) is 10.6. The van der Waals surface area contributed by atoms with Crippen LogP contribution in [0, 0.1) is 11.2 Å². The number of halogens is 1. The number of aryl methyl sites for hydroxylation is 1. The molecular formula is C68H88FN5O15. The number of benzene rings is 4. The van der Waals surface area contributed by atoms with Crippen molar-refractivity contribution in [2.24, 2.45) is 5.41 Å². The average Bonchev–Trinajstić information content (AvgIpc) is 2.63. The lowest BCUT2D eigenvalue weighted by Gasteiger charge is -2.36. The van der Waals surface area contributed by atoms with E-state index in [4.69, 9.17) is 28.4 Å². The number of hydrogen-bond donors (Lipinski definition) is 1. The maximum Gasteiger partial charge on any atom is 0.330 e. The normalized spacial score (nSPS) is 21.6. The van der Waals surface area contributed by atoms with Crippen LogP contribution in [0.15, 0.2) is 91.0 Å². The zero-order valence-corrected chi connectivity index (χ0v) is 53.4. The summed E-state index contributed by atoms with van der Waals surface area (Å²) in [4.78, 5) is 133. The number of esters is 2. The minimum atomic E-state index is -1.54. The lowest BCUT2D eigenvalue weighted by atomic mass is 9.87. The second-order valence-corrected chi connectivity index (χ2v) is 24.4. The number of carbonyl (C=O) groups is 9. The van der Waals surface area contributed by atoms with Gasteiger partial charge < -0.3 is 53.3 Å². The molecule has 1 fully saturated rings. The third-order valence-electron chi connectivity index (χ3n) is 16.1. The Balaban J connectivity index is 1.37. The highest BCUT2D eigenvalue weighted by atomic mass is 19.1. The van der Waals surface area contributed by atoms with Gasteiger partial charge in [0, 0.05) is 65.1 Å². The minimum absolute atomic E-state index is 0.000559. The molecule has 482 valence electrons.